The first kappa shape index (κ1) is 80.8. The first-order valence-electron chi connectivity index (χ1n) is 38.8. The van der Waals surface area contributed by atoms with Gasteiger partial charge in [0.25, 0.3) is 21.9 Å². The van der Waals surface area contributed by atoms with E-state index in [9.17, 15) is 24.0 Å². The number of hydrogen-bond acceptors (Lipinski definition) is 24. The van der Waals surface area contributed by atoms with Gasteiger partial charge in [-0.05, 0) is 152 Å². The molecule has 0 bridgehead atoms. The molecule has 3 N–H and O–H groups in total. The van der Waals surface area contributed by atoms with Crippen LogP contribution in [0.4, 0.5) is 17.5 Å². The number of fused-ring (bicyclic) bond motifs is 3. The SMILES string of the molecule is COc1nc(-c2cnc(C)nc2N[C@@H](C)c2cc3cccc(-c4ccc(=O)n(C)c4)c3c(=O)n2-c2ccccc2)cs1.COc1ncc(-c2cccc3cc([C@H](C)Nc4nc(C)ncc4-c4cncs4)n(-c4ccccc4)c(=O)c23)cn1.Cc1ncc(-c2cscn2)c(N[C@@H](C)c2cc3cccc(-c4ccc(=O)n(C)c4)c3c(=O)n2-c2ccccc2)n1. The second kappa shape index (κ2) is 35.3. The largest absolute Gasteiger partial charge is 0.473 e. The molecule has 0 aliphatic rings. The molecule has 29 heteroatoms. The van der Waals surface area contributed by atoms with Crippen molar-refractivity contribution in [3.8, 4) is 94.6 Å². The molecule has 0 spiro atoms. The highest BCUT2D eigenvalue weighted by Gasteiger charge is 2.27. The summed E-state index contributed by atoms with van der Waals surface area (Å²) in [5.41, 5.74) is 16.0. The van der Waals surface area contributed by atoms with Gasteiger partial charge in [0, 0.05) is 126 Å². The lowest BCUT2D eigenvalue weighted by molar-refractivity contribution is 0.380. The normalized spacial score (nSPS) is 11.9. The summed E-state index contributed by atoms with van der Waals surface area (Å²) in [5.74, 6) is 3.82. The van der Waals surface area contributed by atoms with Gasteiger partial charge in [0.15, 0.2) is 0 Å². The minimum absolute atomic E-state index is 0.107. The average Bonchev–Trinajstić information content (AvgIpc) is 1.38. The molecule has 3 atom stereocenters. The van der Waals surface area contributed by atoms with Crippen LogP contribution >= 0.6 is 34.0 Å². The van der Waals surface area contributed by atoms with Gasteiger partial charge < -0.3 is 34.6 Å². The maximum absolute atomic E-state index is 14.4. The predicted octanol–water partition coefficient (Wildman–Crippen LogP) is 17.4. The Morgan fingerprint density at radius 3 is 1.16 bits per heavy atom. The monoisotopic (exact) mass is 1670 g/mol. The number of aromatic nitrogens is 16. The van der Waals surface area contributed by atoms with Gasteiger partial charge in [-0.3, -0.25) is 42.7 Å². The maximum atomic E-state index is 14.4. The topological polar surface area (TPSA) is 306 Å². The summed E-state index contributed by atoms with van der Waals surface area (Å²) < 4.78 is 18.7. The van der Waals surface area contributed by atoms with Crippen LogP contribution in [0.5, 0.6) is 11.2 Å². The molecule has 12 heterocycles. The van der Waals surface area contributed by atoms with Crippen LogP contribution < -0.4 is 53.2 Å². The van der Waals surface area contributed by atoms with E-state index in [-0.39, 0.29) is 51.9 Å². The van der Waals surface area contributed by atoms with Crippen LogP contribution in [0.15, 0.2) is 283 Å². The van der Waals surface area contributed by atoms with E-state index < -0.39 is 0 Å². The molecule has 18 aromatic rings. The fourth-order valence-electron chi connectivity index (χ4n) is 14.7. The third-order valence-electron chi connectivity index (χ3n) is 20.6. The molecule has 0 unspecified atom stereocenters. The highest BCUT2D eigenvalue weighted by Crippen LogP contribution is 2.39. The minimum atomic E-state index is -0.336. The predicted molar refractivity (Wildman–Crippen MR) is 484 cm³/mol. The van der Waals surface area contributed by atoms with Crippen molar-refractivity contribution in [2.24, 2.45) is 14.1 Å². The first-order chi connectivity index (χ1) is 59.3. The van der Waals surface area contributed by atoms with Crippen LogP contribution in [-0.4, -0.2) is 91.9 Å². The first-order valence-corrected chi connectivity index (χ1v) is 41.5. The zero-order valence-electron chi connectivity index (χ0n) is 67.8. The van der Waals surface area contributed by atoms with Crippen molar-refractivity contribution in [1.82, 2.24) is 77.7 Å². The Hall–Kier alpha value is -14.9. The molecule has 0 aliphatic heterocycles. The molecule has 0 fully saturated rings. The van der Waals surface area contributed by atoms with Gasteiger partial charge in [0.05, 0.1) is 92.5 Å². The molecule has 0 amide bonds. The molecule has 26 nitrogen and oxygen atoms in total. The number of benzene rings is 6. The van der Waals surface area contributed by atoms with Crippen molar-refractivity contribution in [3.05, 3.63) is 346 Å². The van der Waals surface area contributed by atoms with E-state index in [1.807, 2.05) is 210 Å². The Labute approximate surface area is 710 Å². The molecule has 122 heavy (non-hydrogen) atoms. The van der Waals surface area contributed by atoms with Gasteiger partial charge in [0.1, 0.15) is 34.9 Å². The summed E-state index contributed by atoms with van der Waals surface area (Å²) >= 11 is 4.42. The Bertz CT molecular complexity index is 7230. The van der Waals surface area contributed by atoms with Gasteiger partial charge in [-0.15, -0.1) is 22.7 Å². The molecule has 12 aromatic heterocycles. The van der Waals surface area contributed by atoms with Crippen LogP contribution in [0.1, 0.15) is 73.5 Å². The Morgan fingerprint density at radius 2 is 0.787 bits per heavy atom. The summed E-state index contributed by atoms with van der Waals surface area (Å²) in [5, 5.41) is 19.2. The van der Waals surface area contributed by atoms with Gasteiger partial charge in [0.2, 0.25) is 11.1 Å². The minimum Gasteiger partial charge on any atom is -0.473 e. The van der Waals surface area contributed by atoms with Crippen molar-refractivity contribution >= 4 is 83.8 Å². The standard InChI is InChI=1S/C32H28N6O3S.C31H26N6O2S.C30H25N7O2S/c1-19(34-30-25(16-33-20(2)35-30)26-18-42-32(36-26)41-4)27-15-21-9-8-12-24(22-13-14-28(39)37(3)17-22)29(21)31(40)38(27)23-10-6-5-7-11-23;1-19(34-30-25(15-32-20(2)35-30)26-17-40-18-33-26)27-14-21-8-7-11-24(22-12-13-28(38)36(3)16-22)29(21)31(39)37(27)23-9-5-4-6-10-23;1-18(35-28-24(15-32-19(2)36-28)26-16-31-17-40-26)25-12-20-8-7-11-23(21-13-33-30(39-3)34-14-21)27(20)29(38)37(25)22-9-5-4-6-10-22/h5-19H,1-4H3,(H,33,34,35);4-19H,1-3H3,(H,32,34,35);4-18H,1-3H3,(H,32,35,36)/t2*19-;18-/m000/s1. The number of anilines is 3. The molecule has 606 valence electrons. The summed E-state index contributed by atoms with van der Waals surface area (Å²) in [4.78, 5) is 117. The Kier molecular flexibility index (Phi) is 23.4. The molecule has 0 saturated heterocycles. The summed E-state index contributed by atoms with van der Waals surface area (Å²) in [6, 6.07) is 58.3. The lowest BCUT2D eigenvalue weighted by Gasteiger charge is -2.23. The molecule has 0 radical (unpaired) electrons. The molecule has 18 rings (SSSR count). The number of para-hydroxylation sites is 3. The summed E-state index contributed by atoms with van der Waals surface area (Å²) in [6.45, 7) is 11.6. The summed E-state index contributed by atoms with van der Waals surface area (Å²) in [6.07, 6.45) is 14.0. The van der Waals surface area contributed by atoms with E-state index in [1.54, 1.807) is 108 Å². The van der Waals surface area contributed by atoms with E-state index >= 15 is 0 Å². The number of nitrogens with zero attached hydrogens (tertiary/aromatic N) is 16. The van der Waals surface area contributed by atoms with E-state index in [4.69, 9.17) is 19.4 Å². The molecule has 0 aliphatic carbocycles. The number of aryl methyl sites for hydroxylation is 5. The number of nitrogens with one attached hydrogen (secondary N) is 3. The van der Waals surface area contributed by atoms with E-state index in [1.165, 1.54) is 62.4 Å². The number of thiazole rings is 3. The highest BCUT2D eigenvalue weighted by molar-refractivity contribution is 7.13. The third-order valence-corrected chi connectivity index (χ3v) is 22.8. The zero-order valence-corrected chi connectivity index (χ0v) is 70.2. The van der Waals surface area contributed by atoms with Crippen LogP contribution in [0.25, 0.3) is 116 Å². The summed E-state index contributed by atoms with van der Waals surface area (Å²) in [7, 11) is 6.52. The van der Waals surface area contributed by atoms with Crippen molar-refractivity contribution < 1.29 is 9.47 Å². The average molecular weight is 1670 g/mol. The fourth-order valence-corrected chi connectivity index (χ4v) is 16.5. The van der Waals surface area contributed by atoms with E-state index in [0.717, 1.165) is 111 Å². The molecular formula is C93H79N19O7S3. The lowest BCUT2D eigenvalue weighted by Crippen LogP contribution is -2.26. The van der Waals surface area contributed by atoms with Gasteiger partial charge in [-0.1, -0.05) is 121 Å². The zero-order chi connectivity index (χ0) is 84.8. The highest BCUT2D eigenvalue weighted by atomic mass is 32.1. The number of ether oxygens (including phenoxy) is 2. The number of pyridine rings is 5. The fraction of sp³-hybridized carbons (Fsp3) is 0.140. The van der Waals surface area contributed by atoms with Gasteiger partial charge in [-0.2, -0.15) is 0 Å². The Morgan fingerprint density at radius 1 is 0.377 bits per heavy atom. The Balaban J connectivity index is 0.000000136. The van der Waals surface area contributed by atoms with Crippen LogP contribution in [-0.2, 0) is 14.1 Å². The van der Waals surface area contributed by atoms with Crippen molar-refractivity contribution in [2.75, 3.05) is 30.2 Å². The lowest BCUT2D eigenvalue weighted by atomic mass is 9.98. The maximum Gasteiger partial charge on any atom is 0.316 e. The molecule has 0 saturated carbocycles. The van der Waals surface area contributed by atoms with Crippen LogP contribution in [0, 0.1) is 20.8 Å². The molecule has 6 aromatic carbocycles. The van der Waals surface area contributed by atoms with Crippen molar-refractivity contribution in [2.45, 2.75) is 59.7 Å². The number of methoxy groups -OCH3 is 2. The van der Waals surface area contributed by atoms with Gasteiger partial charge >= 0.3 is 6.01 Å². The molecular weight excluding hydrogens is 1590 g/mol. The van der Waals surface area contributed by atoms with Crippen LogP contribution in [0.2, 0.25) is 0 Å². The quantitative estimate of drug-likeness (QED) is 0.0638. The van der Waals surface area contributed by atoms with Crippen molar-refractivity contribution in [1.29, 1.82) is 0 Å². The third kappa shape index (κ3) is 16.7. The van der Waals surface area contributed by atoms with E-state index in [0.29, 0.717) is 62.0 Å². The number of hydrogen-bond donors (Lipinski definition) is 3. The second-order valence-corrected chi connectivity index (χ2v) is 31.1. The van der Waals surface area contributed by atoms with Crippen molar-refractivity contribution in [3.63, 3.8) is 0 Å². The smallest absolute Gasteiger partial charge is 0.316 e. The second-order valence-electron chi connectivity index (χ2n) is 28.7. The number of rotatable bonds is 20. The van der Waals surface area contributed by atoms with Gasteiger partial charge in [-0.25, -0.2) is 49.8 Å². The van der Waals surface area contributed by atoms with E-state index in [2.05, 4.69) is 66.9 Å². The van der Waals surface area contributed by atoms with Crippen LogP contribution in [0.3, 0.4) is 0 Å².